The van der Waals surface area contributed by atoms with E-state index < -0.39 is 0 Å². The molecule has 0 spiro atoms. The van der Waals surface area contributed by atoms with Gasteiger partial charge in [0, 0.05) is 17.7 Å². The molecule has 0 fully saturated rings. The Morgan fingerprint density at radius 1 is 0.952 bits per heavy atom. The van der Waals surface area contributed by atoms with Crippen LogP contribution in [0.2, 0.25) is 0 Å². The maximum atomic E-state index is 14.1. The Balaban J connectivity index is 1.41. The Hall–Kier alpha value is -4.73. The van der Waals surface area contributed by atoms with Crippen LogP contribution in [0.1, 0.15) is 59.1 Å². The highest BCUT2D eigenvalue weighted by molar-refractivity contribution is 6.03. The maximum Gasteiger partial charge on any atom is 0.263 e. The molecule has 1 unspecified atom stereocenters. The Morgan fingerprint density at radius 3 is 2.26 bits per heavy atom. The lowest BCUT2D eigenvalue weighted by Crippen LogP contribution is -2.38. The molecule has 2 aliphatic rings. The number of hydrogen-bond donors (Lipinski definition) is 0. The summed E-state index contributed by atoms with van der Waals surface area (Å²) in [5.74, 6) is 1.53. The third-order valence-corrected chi connectivity index (χ3v) is 8.00. The minimum Gasteiger partial charge on any atom is -0.497 e. The molecule has 42 heavy (non-hydrogen) atoms. The number of aromatic nitrogens is 4. The molecule has 0 radical (unpaired) electrons. The number of ether oxygens (including phenoxy) is 2. The highest BCUT2D eigenvalue weighted by Gasteiger charge is 2.34. The van der Waals surface area contributed by atoms with Crippen molar-refractivity contribution in [3.8, 4) is 17.4 Å². The molecule has 3 heterocycles. The van der Waals surface area contributed by atoms with Crippen molar-refractivity contribution in [2.75, 3.05) is 14.2 Å². The van der Waals surface area contributed by atoms with E-state index in [1.807, 2.05) is 68.4 Å². The van der Waals surface area contributed by atoms with Crippen LogP contribution in [0.5, 0.6) is 11.5 Å². The normalized spacial score (nSPS) is 16.2. The van der Waals surface area contributed by atoms with E-state index in [2.05, 4.69) is 5.10 Å². The average molecular weight is 567 g/mol. The van der Waals surface area contributed by atoms with Crippen molar-refractivity contribution in [3.05, 3.63) is 98.7 Å². The van der Waals surface area contributed by atoms with Crippen LogP contribution in [0.4, 0.5) is 0 Å². The fraction of sp³-hybridized carbons (Fsp3) is 0.344. The fourth-order valence-corrected chi connectivity index (χ4v) is 5.81. The van der Waals surface area contributed by atoms with Gasteiger partial charge in [0.1, 0.15) is 18.0 Å². The number of carbonyl (C=O) groups is 1. The summed E-state index contributed by atoms with van der Waals surface area (Å²) in [5, 5.41) is 10.9. The maximum absolute atomic E-state index is 14.1. The Kier molecular flexibility index (Phi) is 7.36. The van der Waals surface area contributed by atoms with E-state index in [1.165, 1.54) is 9.58 Å². The topological polar surface area (TPSA) is 104 Å². The van der Waals surface area contributed by atoms with Crippen molar-refractivity contribution in [2.24, 2.45) is 5.10 Å². The van der Waals surface area contributed by atoms with E-state index in [4.69, 9.17) is 19.6 Å². The van der Waals surface area contributed by atoms with Gasteiger partial charge in [0.15, 0.2) is 0 Å². The lowest BCUT2D eigenvalue weighted by atomic mass is 9.97. The number of hydrogen-bond acceptors (Lipinski definition) is 7. The minimum atomic E-state index is -0.348. The number of amides is 1. The standard InChI is InChI=1S/C32H34N6O4/c1-20-17-21(2)37(34-20)32-33-27-8-6-5-7-26(27)31(40)36(32)19-30(39)38-29(23-11-15-25(42-4)16-12-23)18-28(35-38)22-9-13-24(41-3)14-10-22/h9-17,29H,5-8,18-19H2,1-4H3. The number of methoxy groups -OCH3 is 2. The van der Waals surface area contributed by atoms with E-state index in [0.717, 1.165) is 64.7 Å². The van der Waals surface area contributed by atoms with Gasteiger partial charge in [-0.15, -0.1) is 0 Å². The van der Waals surface area contributed by atoms with Crippen molar-refractivity contribution in [2.45, 2.75) is 58.5 Å². The molecule has 0 saturated heterocycles. The summed E-state index contributed by atoms with van der Waals surface area (Å²) in [4.78, 5) is 32.9. The molecule has 2 aromatic heterocycles. The minimum absolute atomic E-state index is 0.185. The molecule has 6 rings (SSSR count). The van der Waals surface area contributed by atoms with Crippen LogP contribution in [-0.2, 0) is 24.2 Å². The molecule has 1 atom stereocenters. The molecule has 0 N–H and O–H groups in total. The first-order valence-electron chi connectivity index (χ1n) is 14.2. The van der Waals surface area contributed by atoms with E-state index in [0.29, 0.717) is 24.4 Å². The number of rotatable bonds is 7. The molecule has 10 heteroatoms. The zero-order valence-corrected chi connectivity index (χ0v) is 24.3. The van der Waals surface area contributed by atoms with Crippen molar-refractivity contribution in [1.82, 2.24) is 24.3 Å². The van der Waals surface area contributed by atoms with E-state index >= 15 is 0 Å². The molecular weight excluding hydrogens is 532 g/mol. The van der Waals surface area contributed by atoms with Crippen LogP contribution in [0.15, 0.2) is 64.5 Å². The van der Waals surface area contributed by atoms with Crippen LogP contribution in [0, 0.1) is 13.8 Å². The summed E-state index contributed by atoms with van der Waals surface area (Å²) >= 11 is 0. The van der Waals surface area contributed by atoms with Gasteiger partial charge in [0.25, 0.3) is 11.5 Å². The number of aryl methyl sites for hydroxylation is 3. The van der Waals surface area contributed by atoms with Crippen molar-refractivity contribution < 1.29 is 14.3 Å². The number of hydrazone groups is 1. The van der Waals surface area contributed by atoms with Crippen molar-refractivity contribution >= 4 is 11.6 Å². The van der Waals surface area contributed by atoms with Crippen LogP contribution < -0.4 is 15.0 Å². The lowest BCUT2D eigenvalue weighted by Gasteiger charge is -2.24. The summed E-state index contributed by atoms with van der Waals surface area (Å²) in [6.07, 6.45) is 3.83. The van der Waals surface area contributed by atoms with Crippen LogP contribution >= 0.6 is 0 Å². The summed E-state index contributed by atoms with van der Waals surface area (Å²) in [6.45, 7) is 3.61. The summed E-state index contributed by atoms with van der Waals surface area (Å²) in [7, 11) is 3.25. The third kappa shape index (κ3) is 5.08. The van der Waals surface area contributed by atoms with Crippen molar-refractivity contribution in [1.29, 1.82) is 0 Å². The van der Waals surface area contributed by atoms with E-state index in [-0.39, 0.29) is 24.1 Å². The van der Waals surface area contributed by atoms with Gasteiger partial charge >= 0.3 is 0 Å². The Morgan fingerprint density at radius 2 is 1.62 bits per heavy atom. The highest BCUT2D eigenvalue weighted by Crippen LogP contribution is 2.34. The van der Waals surface area contributed by atoms with Gasteiger partial charge in [-0.3, -0.25) is 14.2 Å². The van der Waals surface area contributed by atoms with Gasteiger partial charge in [0.2, 0.25) is 5.95 Å². The number of benzene rings is 2. The number of carbonyl (C=O) groups excluding carboxylic acids is 1. The monoisotopic (exact) mass is 566 g/mol. The summed E-state index contributed by atoms with van der Waals surface area (Å²) in [6, 6.07) is 16.9. The molecule has 10 nitrogen and oxygen atoms in total. The molecule has 216 valence electrons. The molecular formula is C32H34N6O4. The second-order valence-corrected chi connectivity index (χ2v) is 10.8. The number of fused-ring (bicyclic) bond motifs is 1. The lowest BCUT2D eigenvalue weighted by molar-refractivity contribution is -0.133. The highest BCUT2D eigenvalue weighted by atomic mass is 16.5. The van der Waals surface area contributed by atoms with Gasteiger partial charge in [-0.05, 0) is 93.1 Å². The van der Waals surface area contributed by atoms with E-state index in [1.54, 1.807) is 18.9 Å². The predicted molar refractivity (Wildman–Crippen MR) is 158 cm³/mol. The largest absolute Gasteiger partial charge is 0.497 e. The van der Waals surface area contributed by atoms with Gasteiger partial charge < -0.3 is 9.47 Å². The van der Waals surface area contributed by atoms with Crippen LogP contribution in [0.25, 0.3) is 5.95 Å². The first kappa shape index (κ1) is 27.4. The molecule has 0 bridgehead atoms. The average Bonchev–Trinajstić information content (AvgIpc) is 3.61. The summed E-state index contributed by atoms with van der Waals surface area (Å²) in [5.41, 5.74) is 5.56. The van der Waals surface area contributed by atoms with Gasteiger partial charge in [0.05, 0.1) is 37.4 Å². The fourth-order valence-electron chi connectivity index (χ4n) is 5.81. The van der Waals surface area contributed by atoms with E-state index in [9.17, 15) is 9.59 Å². The SMILES string of the molecule is COc1ccc(C2=NN(C(=O)Cn3c(-n4nc(C)cc4C)nc4c(c3=O)CCCC4)C(c3ccc(OC)cc3)C2)cc1. The van der Waals surface area contributed by atoms with Crippen LogP contribution in [0.3, 0.4) is 0 Å². The molecule has 2 aromatic carbocycles. The first-order chi connectivity index (χ1) is 20.4. The smallest absolute Gasteiger partial charge is 0.263 e. The molecule has 1 amide bonds. The molecule has 0 saturated carbocycles. The second-order valence-electron chi connectivity index (χ2n) is 10.8. The molecule has 1 aliphatic carbocycles. The quantitative estimate of drug-likeness (QED) is 0.330. The van der Waals surface area contributed by atoms with Gasteiger partial charge in [-0.2, -0.15) is 10.2 Å². The Bertz CT molecular complexity index is 1720. The van der Waals surface area contributed by atoms with Gasteiger partial charge in [-0.1, -0.05) is 12.1 Å². The second kappa shape index (κ2) is 11.3. The first-order valence-corrected chi connectivity index (χ1v) is 14.2. The Labute approximate surface area is 244 Å². The summed E-state index contributed by atoms with van der Waals surface area (Å²) < 4.78 is 13.8. The predicted octanol–water partition coefficient (Wildman–Crippen LogP) is 4.32. The third-order valence-electron chi connectivity index (χ3n) is 8.00. The van der Waals surface area contributed by atoms with Crippen molar-refractivity contribution in [3.63, 3.8) is 0 Å². The number of nitrogens with zero attached hydrogens (tertiary/aromatic N) is 6. The molecule has 4 aromatic rings. The van der Waals surface area contributed by atoms with Gasteiger partial charge in [-0.25, -0.2) is 14.7 Å². The molecule has 1 aliphatic heterocycles. The zero-order chi connectivity index (χ0) is 29.4. The zero-order valence-electron chi connectivity index (χ0n) is 24.3. The van der Waals surface area contributed by atoms with Crippen LogP contribution in [-0.4, -0.2) is 50.2 Å².